The molecule has 0 aromatic heterocycles. The van der Waals surface area contributed by atoms with E-state index in [0.29, 0.717) is 0 Å². The van der Waals surface area contributed by atoms with Crippen molar-refractivity contribution in [1.82, 2.24) is 0 Å². The molecule has 0 heterocycles. The van der Waals surface area contributed by atoms with Gasteiger partial charge in [0.2, 0.25) is 0 Å². The largest absolute Gasteiger partial charge is 0.437 e. The third kappa shape index (κ3) is 2.79. The number of alkyl halides is 9. The van der Waals surface area contributed by atoms with Crippen LogP contribution in [0.5, 0.6) is 0 Å². The Morgan fingerprint density at radius 3 is 1.29 bits per heavy atom. The molecule has 0 amide bonds. The van der Waals surface area contributed by atoms with Gasteiger partial charge >= 0.3 is 18.0 Å². The first-order chi connectivity index (χ1) is 7.31. The molecule has 17 heavy (non-hydrogen) atoms. The third-order valence-electron chi connectivity index (χ3n) is 2.03. The molecule has 0 nitrogen and oxygen atoms in total. The fourth-order valence-electron chi connectivity index (χ4n) is 1.09. The highest BCUT2D eigenvalue weighted by Gasteiger charge is 2.83. The van der Waals surface area contributed by atoms with Crippen LogP contribution in [0, 0.1) is 6.92 Å². The molecule has 0 aliphatic rings. The fraction of sp³-hybridized carbons (Fsp3) is 0.875. The lowest BCUT2D eigenvalue weighted by molar-refractivity contribution is -0.397. The second-order valence-corrected chi connectivity index (χ2v) is 3.32. The Bertz CT molecular complexity index is 235. The van der Waals surface area contributed by atoms with Gasteiger partial charge in [-0.05, 0) is 6.42 Å². The number of hydrogen-bond donors (Lipinski definition) is 0. The lowest BCUT2D eigenvalue weighted by atomic mass is 9.92. The summed E-state index contributed by atoms with van der Waals surface area (Å²) in [7, 11) is 0. The van der Waals surface area contributed by atoms with Crippen molar-refractivity contribution in [3.63, 3.8) is 0 Å². The maximum atomic E-state index is 12.9. The number of hydrogen-bond acceptors (Lipinski definition) is 0. The first kappa shape index (κ1) is 16.4. The van der Waals surface area contributed by atoms with Crippen LogP contribution < -0.4 is 0 Å². The maximum Gasteiger partial charge on any atom is 0.437 e. The third-order valence-corrected chi connectivity index (χ3v) is 2.03. The van der Waals surface area contributed by atoms with Gasteiger partial charge in [-0.3, -0.25) is 0 Å². The summed E-state index contributed by atoms with van der Waals surface area (Å²) in [6, 6.07) is 0. The van der Waals surface area contributed by atoms with Gasteiger partial charge in [-0.25, -0.2) is 13.2 Å². The highest BCUT2D eigenvalue weighted by atomic mass is 19.4. The summed E-state index contributed by atoms with van der Waals surface area (Å²) < 4.78 is 110. The molecule has 0 unspecified atom stereocenters. The molecule has 0 atom stereocenters. The molecular weight excluding hydrogens is 267 g/mol. The predicted octanol–water partition coefficient (Wildman–Crippen LogP) is 4.46. The van der Waals surface area contributed by atoms with Crippen molar-refractivity contribution in [3.8, 4) is 0 Å². The van der Waals surface area contributed by atoms with Crippen LogP contribution in [0.15, 0.2) is 0 Å². The summed E-state index contributed by atoms with van der Waals surface area (Å²) in [5, 5.41) is 0. The van der Waals surface area contributed by atoms with Gasteiger partial charge in [-0.2, -0.15) is 26.3 Å². The SMILES string of the molecule is [CH2]CCCC(F)(F)C(F)(C(F)(F)F)C(F)(F)F. The van der Waals surface area contributed by atoms with Gasteiger partial charge in [0.15, 0.2) is 0 Å². The summed E-state index contributed by atoms with van der Waals surface area (Å²) >= 11 is 0. The Morgan fingerprint density at radius 2 is 1.06 bits per heavy atom. The van der Waals surface area contributed by atoms with Gasteiger partial charge in [0.1, 0.15) is 0 Å². The zero-order chi connectivity index (χ0) is 14.1. The van der Waals surface area contributed by atoms with E-state index in [1.807, 2.05) is 0 Å². The molecule has 0 aromatic carbocycles. The van der Waals surface area contributed by atoms with E-state index >= 15 is 0 Å². The summed E-state index contributed by atoms with van der Waals surface area (Å²) in [6.07, 6.45) is -16.5. The molecule has 0 fully saturated rings. The van der Waals surface area contributed by atoms with Crippen molar-refractivity contribution in [2.24, 2.45) is 0 Å². The normalized spacial score (nSPS) is 15.2. The van der Waals surface area contributed by atoms with Gasteiger partial charge in [-0.15, -0.1) is 0 Å². The molecule has 103 valence electrons. The van der Waals surface area contributed by atoms with Crippen LogP contribution >= 0.6 is 0 Å². The second-order valence-electron chi connectivity index (χ2n) is 3.32. The Morgan fingerprint density at radius 1 is 0.706 bits per heavy atom. The molecule has 0 N–H and O–H groups in total. The van der Waals surface area contributed by atoms with E-state index in [-0.39, 0.29) is 6.42 Å². The van der Waals surface area contributed by atoms with Crippen LogP contribution in [-0.4, -0.2) is 23.9 Å². The van der Waals surface area contributed by atoms with E-state index in [0.717, 1.165) is 0 Å². The molecule has 0 rings (SSSR count). The Hall–Kier alpha value is -0.630. The Balaban J connectivity index is 5.49. The number of unbranched alkanes of at least 4 members (excludes halogenated alkanes) is 1. The summed E-state index contributed by atoms with van der Waals surface area (Å²) in [5.74, 6) is -5.58. The van der Waals surface area contributed by atoms with Crippen LogP contribution in [0.2, 0.25) is 0 Å². The van der Waals surface area contributed by atoms with Crippen LogP contribution in [-0.2, 0) is 0 Å². The quantitative estimate of drug-likeness (QED) is 0.664. The van der Waals surface area contributed by atoms with Crippen molar-refractivity contribution in [3.05, 3.63) is 6.92 Å². The van der Waals surface area contributed by atoms with E-state index in [1.165, 1.54) is 0 Å². The lowest BCUT2D eigenvalue weighted by Gasteiger charge is -2.36. The van der Waals surface area contributed by atoms with Gasteiger partial charge in [0.05, 0.1) is 0 Å². The van der Waals surface area contributed by atoms with E-state index in [1.54, 1.807) is 0 Å². The Kier molecular flexibility index (Phi) is 4.40. The molecular formula is C8H8F9. The number of rotatable bonds is 4. The van der Waals surface area contributed by atoms with Crippen molar-refractivity contribution >= 4 is 0 Å². The van der Waals surface area contributed by atoms with E-state index < -0.39 is 36.8 Å². The zero-order valence-corrected chi connectivity index (χ0v) is 8.23. The van der Waals surface area contributed by atoms with Gasteiger partial charge < -0.3 is 0 Å². The molecule has 1 radical (unpaired) electrons. The molecule has 0 saturated carbocycles. The van der Waals surface area contributed by atoms with Gasteiger partial charge in [-0.1, -0.05) is 13.3 Å². The van der Waals surface area contributed by atoms with Crippen LogP contribution in [0.4, 0.5) is 39.5 Å². The second kappa shape index (κ2) is 4.56. The van der Waals surface area contributed by atoms with Crippen molar-refractivity contribution < 1.29 is 39.5 Å². The summed E-state index contributed by atoms with van der Waals surface area (Å²) in [4.78, 5) is 0. The Labute approximate surface area is 90.8 Å². The van der Waals surface area contributed by atoms with E-state index in [2.05, 4.69) is 6.92 Å². The smallest absolute Gasteiger partial charge is 0.217 e. The van der Waals surface area contributed by atoms with Crippen molar-refractivity contribution in [2.45, 2.75) is 43.2 Å². The lowest BCUT2D eigenvalue weighted by Crippen LogP contribution is -2.64. The standard InChI is InChI=1S/C8H8F9/c1-2-3-4-5(9,10)6(11,7(12,13)14)8(15,16)17/h1-4H2. The molecule has 0 saturated heterocycles. The van der Waals surface area contributed by atoms with Gasteiger partial charge in [0, 0.05) is 6.42 Å². The van der Waals surface area contributed by atoms with Crippen molar-refractivity contribution in [2.75, 3.05) is 0 Å². The highest BCUT2D eigenvalue weighted by Crippen LogP contribution is 2.55. The van der Waals surface area contributed by atoms with Crippen LogP contribution in [0.1, 0.15) is 19.3 Å². The van der Waals surface area contributed by atoms with E-state index in [9.17, 15) is 39.5 Å². The first-order valence-electron chi connectivity index (χ1n) is 4.30. The van der Waals surface area contributed by atoms with E-state index in [4.69, 9.17) is 0 Å². The van der Waals surface area contributed by atoms with Crippen molar-refractivity contribution in [1.29, 1.82) is 0 Å². The minimum absolute atomic E-state index is 0.332. The minimum atomic E-state index is -6.74. The predicted molar refractivity (Wildman–Crippen MR) is 40.1 cm³/mol. The molecule has 0 aliphatic carbocycles. The minimum Gasteiger partial charge on any atom is -0.217 e. The number of halogens is 9. The molecule has 0 spiro atoms. The monoisotopic (exact) mass is 275 g/mol. The fourth-order valence-corrected chi connectivity index (χ4v) is 1.09. The molecule has 0 bridgehead atoms. The molecule has 9 heteroatoms. The maximum absolute atomic E-state index is 12.9. The topological polar surface area (TPSA) is 0 Å². The summed E-state index contributed by atoms with van der Waals surface area (Å²) in [5.41, 5.74) is -6.54. The van der Waals surface area contributed by atoms with Crippen LogP contribution in [0.3, 0.4) is 0 Å². The zero-order valence-electron chi connectivity index (χ0n) is 8.23. The highest BCUT2D eigenvalue weighted by molar-refractivity contribution is 5.05. The first-order valence-corrected chi connectivity index (χ1v) is 4.30. The molecule has 0 aliphatic heterocycles. The molecule has 0 aromatic rings. The van der Waals surface area contributed by atoms with Crippen LogP contribution in [0.25, 0.3) is 0 Å². The van der Waals surface area contributed by atoms with Gasteiger partial charge in [0.25, 0.3) is 5.92 Å². The average Bonchev–Trinajstić information content (AvgIpc) is 2.09. The summed E-state index contributed by atoms with van der Waals surface area (Å²) in [6.45, 7) is 2.98. The average molecular weight is 275 g/mol.